The van der Waals surface area contributed by atoms with Gasteiger partial charge in [-0.05, 0) is 61.4 Å². The van der Waals surface area contributed by atoms with Crippen LogP contribution < -0.4 is 9.64 Å². The summed E-state index contributed by atoms with van der Waals surface area (Å²) in [5, 5.41) is 0.660. The van der Waals surface area contributed by atoms with Gasteiger partial charge >= 0.3 is 0 Å². The van der Waals surface area contributed by atoms with Crippen molar-refractivity contribution in [1.29, 1.82) is 0 Å². The molecule has 0 bridgehead atoms. The predicted molar refractivity (Wildman–Crippen MR) is 132 cm³/mol. The summed E-state index contributed by atoms with van der Waals surface area (Å²) in [4.78, 5) is 19.6. The Balaban J connectivity index is 1.41. The molecule has 4 aromatic rings. The number of hydrogen-bond acceptors (Lipinski definition) is 3. The van der Waals surface area contributed by atoms with Crippen LogP contribution in [0, 0.1) is 13.8 Å². The molecule has 0 unspecified atom stereocenters. The maximum absolute atomic E-state index is 12.9. The molecule has 5 nitrogen and oxygen atoms in total. The highest BCUT2D eigenvalue weighted by Crippen LogP contribution is 2.33. The van der Waals surface area contributed by atoms with Gasteiger partial charge in [-0.2, -0.15) is 0 Å². The van der Waals surface area contributed by atoms with Crippen LogP contribution in [0.3, 0.4) is 0 Å². The van der Waals surface area contributed by atoms with Crippen LogP contribution in [0.4, 0.5) is 5.69 Å². The van der Waals surface area contributed by atoms with E-state index in [2.05, 4.69) is 36.6 Å². The second kappa shape index (κ2) is 8.91. The van der Waals surface area contributed by atoms with Crippen LogP contribution in [0.1, 0.15) is 29.3 Å². The van der Waals surface area contributed by atoms with Crippen molar-refractivity contribution in [1.82, 2.24) is 9.55 Å². The Morgan fingerprint density at radius 2 is 1.73 bits per heavy atom. The Morgan fingerprint density at radius 1 is 1.00 bits per heavy atom. The fraction of sp³-hybridized carbons (Fsp3) is 0.259. The zero-order valence-electron chi connectivity index (χ0n) is 18.8. The van der Waals surface area contributed by atoms with Gasteiger partial charge in [0, 0.05) is 29.6 Å². The van der Waals surface area contributed by atoms with Crippen LogP contribution in [-0.2, 0) is 11.3 Å². The number of fused-ring (bicyclic) bond motifs is 1. The van der Waals surface area contributed by atoms with Crippen molar-refractivity contribution in [3.63, 3.8) is 0 Å². The molecular formula is C27H26ClN3O2. The lowest BCUT2D eigenvalue weighted by atomic mass is 10.1. The van der Waals surface area contributed by atoms with Gasteiger partial charge < -0.3 is 14.2 Å². The first-order chi connectivity index (χ1) is 16.0. The van der Waals surface area contributed by atoms with Gasteiger partial charge in [0.05, 0.1) is 17.6 Å². The third kappa shape index (κ3) is 4.21. The van der Waals surface area contributed by atoms with Crippen molar-refractivity contribution >= 4 is 34.2 Å². The maximum atomic E-state index is 12.9. The largest absolute Gasteiger partial charge is 0.491 e. The highest BCUT2D eigenvalue weighted by Gasteiger charge is 2.34. The van der Waals surface area contributed by atoms with E-state index in [4.69, 9.17) is 21.3 Å². The number of imidazole rings is 1. The fourth-order valence-corrected chi connectivity index (χ4v) is 4.78. The van der Waals surface area contributed by atoms with Gasteiger partial charge in [0.25, 0.3) is 0 Å². The number of benzene rings is 3. The van der Waals surface area contributed by atoms with Crippen LogP contribution >= 0.6 is 11.6 Å². The van der Waals surface area contributed by atoms with Crippen LogP contribution in [0.2, 0.25) is 5.02 Å². The Kier molecular flexibility index (Phi) is 5.81. The van der Waals surface area contributed by atoms with E-state index in [9.17, 15) is 4.79 Å². The minimum absolute atomic E-state index is 0.0146. The molecule has 0 aliphatic carbocycles. The van der Waals surface area contributed by atoms with Crippen molar-refractivity contribution in [3.8, 4) is 5.75 Å². The molecule has 33 heavy (non-hydrogen) atoms. The Bertz CT molecular complexity index is 1290. The van der Waals surface area contributed by atoms with E-state index in [1.54, 1.807) is 0 Å². The van der Waals surface area contributed by atoms with Gasteiger partial charge in [-0.25, -0.2) is 4.98 Å². The van der Waals surface area contributed by atoms with Gasteiger partial charge in [0.1, 0.15) is 18.2 Å². The van der Waals surface area contributed by atoms with Crippen LogP contribution in [0.15, 0.2) is 66.7 Å². The van der Waals surface area contributed by atoms with Gasteiger partial charge in [-0.3, -0.25) is 4.79 Å². The van der Waals surface area contributed by atoms with Crippen molar-refractivity contribution in [2.24, 2.45) is 0 Å². The summed E-state index contributed by atoms with van der Waals surface area (Å²) in [7, 11) is 0. The summed E-state index contributed by atoms with van der Waals surface area (Å²) >= 11 is 6.03. The van der Waals surface area contributed by atoms with E-state index in [0.717, 1.165) is 39.4 Å². The molecule has 6 heteroatoms. The molecule has 1 atom stereocenters. The summed E-state index contributed by atoms with van der Waals surface area (Å²) in [5.41, 5.74) is 5.14. The second-order valence-electron chi connectivity index (χ2n) is 8.56. The fourth-order valence-electron chi connectivity index (χ4n) is 4.66. The van der Waals surface area contributed by atoms with Gasteiger partial charge in [-0.15, -0.1) is 0 Å². The number of para-hydroxylation sites is 3. The van der Waals surface area contributed by atoms with Crippen LogP contribution in [0.5, 0.6) is 5.75 Å². The topological polar surface area (TPSA) is 47.4 Å². The van der Waals surface area contributed by atoms with E-state index in [0.29, 0.717) is 31.1 Å². The van der Waals surface area contributed by atoms with E-state index >= 15 is 0 Å². The molecule has 168 valence electrons. The SMILES string of the molecule is Cc1cccc(C)c1OCCn1c([C@@H]2CC(=O)N(c3ccc(Cl)cc3)C2)nc2ccccc21. The molecule has 3 aromatic carbocycles. The second-order valence-corrected chi connectivity index (χ2v) is 9.00. The number of carbonyl (C=O) groups excluding carboxylic acids is 1. The van der Waals surface area contributed by atoms with Gasteiger partial charge in [-0.1, -0.05) is 41.9 Å². The molecule has 0 spiro atoms. The molecule has 1 fully saturated rings. The molecule has 5 rings (SSSR count). The lowest BCUT2D eigenvalue weighted by molar-refractivity contribution is -0.117. The number of ether oxygens (including phenoxy) is 1. The quantitative estimate of drug-likeness (QED) is 0.360. The number of aromatic nitrogens is 2. The monoisotopic (exact) mass is 459 g/mol. The van der Waals surface area contributed by atoms with E-state index < -0.39 is 0 Å². The summed E-state index contributed by atoms with van der Waals surface area (Å²) in [6, 6.07) is 21.7. The number of anilines is 1. The molecular weight excluding hydrogens is 434 g/mol. The average Bonchev–Trinajstić information content (AvgIpc) is 3.37. The molecule has 1 aromatic heterocycles. The molecule has 1 amide bonds. The maximum Gasteiger partial charge on any atom is 0.227 e. The van der Waals surface area contributed by atoms with E-state index in [-0.39, 0.29) is 11.8 Å². The van der Waals surface area contributed by atoms with E-state index in [1.165, 1.54) is 0 Å². The number of amides is 1. The smallest absolute Gasteiger partial charge is 0.227 e. The Labute approximate surface area is 198 Å². The normalized spacial score (nSPS) is 16.0. The van der Waals surface area contributed by atoms with Crippen molar-refractivity contribution < 1.29 is 9.53 Å². The number of rotatable bonds is 6. The standard InChI is InChI=1S/C27H26ClN3O2/c1-18-6-5-7-19(2)26(18)33-15-14-30-24-9-4-3-8-23(24)29-27(30)20-16-25(32)31(17-20)22-12-10-21(28)11-13-22/h3-13,20H,14-17H2,1-2H3/t20-/m1/s1. The highest BCUT2D eigenvalue weighted by atomic mass is 35.5. The van der Waals surface area contributed by atoms with Crippen molar-refractivity contribution in [2.75, 3.05) is 18.1 Å². The number of aryl methyl sites for hydroxylation is 2. The number of carbonyl (C=O) groups is 1. The number of nitrogens with zero attached hydrogens (tertiary/aromatic N) is 3. The van der Waals surface area contributed by atoms with Crippen molar-refractivity contribution in [3.05, 3.63) is 88.7 Å². The molecule has 1 saturated heterocycles. The summed E-state index contributed by atoms with van der Waals surface area (Å²) in [5.74, 6) is 1.99. The lowest BCUT2D eigenvalue weighted by Gasteiger charge is -2.18. The highest BCUT2D eigenvalue weighted by molar-refractivity contribution is 6.30. The molecule has 0 saturated carbocycles. The first-order valence-electron chi connectivity index (χ1n) is 11.2. The third-order valence-corrected chi connectivity index (χ3v) is 6.53. The lowest BCUT2D eigenvalue weighted by Crippen LogP contribution is -2.24. The summed E-state index contributed by atoms with van der Waals surface area (Å²) < 4.78 is 8.41. The average molecular weight is 460 g/mol. The van der Waals surface area contributed by atoms with E-state index in [1.807, 2.05) is 53.4 Å². The zero-order valence-corrected chi connectivity index (χ0v) is 19.5. The summed E-state index contributed by atoms with van der Waals surface area (Å²) in [6.07, 6.45) is 0.434. The minimum Gasteiger partial charge on any atom is -0.491 e. The van der Waals surface area contributed by atoms with Gasteiger partial charge in [0.15, 0.2) is 0 Å². The molecule has 1 aliphatic rings. The number of hydrogen-bond donors (Lipinski definition) is 0. The third-order valence-electron chi connectivity index (χ3n) is 6.28. The molecule has 0 radical (unpaired) electrons. The van der Waals surface area contributed by atoms with Gasteiger partial charge in [0.2, 0.25) is 5.91 Å². The summed E-state index contributed by atoms with van der Waals surface area (Å²) in [6.45, 7) is 5.92. The Morgan fingerprint density at radius 3 is 2.48 bits per heavy atom. The first kappa shape index (κ1) is 21.5. The van der Waals surface area contributed by atoms with Crippen molar-refractivity contribution in [2.45, 2.75) is 32.7 Å². The zero-order chi connectivity index (χ0) is 22.9. The minimum atomic E-state index is 0.0146. The Hall–Kier alpha value is -3.31. The first-order valence-corrected chi connectivity index (χ1v) is 11.6. The molecule has 2 heterocycles. The molecule has 0 N–H and O–H groups in total. The van der Waals surface area contributed by atoms with Crippen LogP contribution in [0.25, 0.3) is 11.0 Å². The molecule has 1 aliphatic heterocycles. The predicted octanol–water partition coefficient (Wildman–Crippen LogP) is 5.91. The van der Waals surface area contributed by atoms with Crippen LogP contribution in [-0.4, -0.2) is 28.6 Å². The number of halogens is 1.